The molecule has 1 heterocycles. The van der Waals surface area contributed by atoms with E-state index in [2.05, 4.69) is 4.90 Å². The fourth-order valence-electron chi connectivity index (χ4n) is 3.51. The molecule has 0 aromatic heterocycles. The Bertz CT molecular complexity index is 479. The Labute approximate surface area is 129 Å². The lowest BCUT2D eigenvalue weighted by atomic mass is 10.1. The van der Waals surface area contributed by atoms with Crippen molar-refractivity contribution in [1.29, 1.82) is 0 Å². The van der Waals surface area contributed by atoms with Crippen molar-refractivity contribution in [3.8, 4) is 0 Å². The Hall–Kier alpha value is -0.380. The zero-order valence-electron chi connectivity index (χ0n) is 11.8. The monoisotopic (exact) mass is 311 g/mol. The van der Waals surface area contributed by atoms with Crippen LogP contribution in [0.5, 0.6) is 0 Å². The first-order valence-corrected chi connectivity index (χ1v) is 9.24. The largest absolute Gasteiger partial charge is 0.300 e. The van der Waals surface area contributed by atoms with Gasteiger partial charge in [0, 0.05) is 11.3 Å². The Morgan fingerprint density at radius 2 is 1.70 bits per heavy atom. The van der Waals surface area contributed by atoms with Crippen LogP contribution >= 0.6 is 11.6 Å². The topological polar surface area (TPSA) is 20.3 Å². The van der Waals surface area contributed by atoms with Gasteiger partial charge in [-0.3, -0.25) is 4.21 Å². The quantitative estimate of drug-likeness (QED) is 0.845. The van der Waals surface area contributed by atoms with E-state index in [4.69, 9.17) is 11.6 Å². The van der Waals surface area contributed by atoms with Gasteiger partial charge in [0.1, 0.15) is 0 Å². The number of halogens is 1. The van der Waals surface area contributed by atoms with Crippen LogP contribution in [0, 0.1) is 0 Å². The van der Waals surface area contributed by atoms with Crippen LogP contribution in [-0.4, -0.2) is 33.5 Å². The number of nitrogens with zero attached hydrogens (tertiary/aromatic N) is 1. The van der Waals surface area contributed by atoms with Gasteiger partial charge in [-0.2, -0.15) is 0 Å². The van der Waals surface area contributed by atoms with E-state index in [1.807, 2.05) is 24.3 Å². The lowest BCUT2D eigenvalue weighted by Crippen LogP contribution is -2.42. The summed E-state index contributed by atoms with van der Waals surface area (Å²) in [5.41, 5.74) is 0. The van der Waals surface area contributed by atoms with Gasteiger partial charge in [0.15, 0.2) is 0 Å². The third kappa shape index (κ3) is 3.10. The lowest BCUT2D eigenvalue weighted by molar-refractivity contribution is 0.167. The smallest absolute Gasteiger partial charge is 0.0577 e. The maximum absolute atomic E-state index is 12.7. The van der Waals surface area contributed by atoms with Gasteiger partial charge in [-0.15, -0.1) is 0 Å². The molecule has 0 amide bonds. The van der Waals surface area contributed by atoms with Gasteiger partial charge in [-0.25, -0.2) is 0 Å². The second kappa shape index (κ2) is 6.59. The Kier molecular flexibility index (Phi) is 4.79. The fourth-order valence-corrected chi connectivity index (χ4v) is 5.35. The van der Waals surface area contributed by atoms with E-state index in [1.54, 1.807) is 0 Å². The van der Waals surface area contributed by atoms with Crippen molar-refractivity contribution in [3.63, 3.8) is 0 Å². The molecule has 1 aromatic carbocycles. The van der Waals surface area contributed by atoms with Crippen LogP contribution in [0.3, 0.4) is 0 Å². The van der Waals surface area contributed by atoms with Crippen molar-refractivity contribution in [1.82, 2.24) is 4.90 Å². The molecule has 1 aliphatic heterocycles. The molecule has 20 heavy (non-hydrogen) atoms. The van der Waals surface area contributed by atoms with Gasteiger partial charge in [0.25, 0.3) is 0 Å². The van der Waals surface area contributed by atoms with Crippen molar-refractivity contribution in [2.45, 2.75) is 54.7 Å². The number of benzene rings is 1. The van der Waals surface area contributed by atoms with E-state index in [0.717, 1.165) is 36.9 Å². The molecular weight excluding hydrogens is 290 g/mol. The highest BCUT2D eigenvalue weighted by Crippen LogP contribution is 2.30. The summed E-state index contributed by atoms with van der Waals surface area (Å²) >= 11 is 6.17. The number of likely N-dealkylation sites (tertiary alicyclic amines) is 1. The number of hydrogen-bond donors (Lipinski definition) is 0. The summed E-state index contributed by atoms with van der Waals surface area (Å²) < 4.78 is 12.7. The summed E-state index contributed by atoms with van der Waals surface area (Å²) in [5.74, 6) is 0. The fraction of sp³-hybridized carbons (Fsp3) is 0.625. The third-order valence-corrected chi connectivity index (χ3v) is 6.98. The number of hydrogen-bond acceptors (Lipinski definition) is 2. The van der Waals surface area contributed by atoms with Crippen LogP contribution in [0.25, 0.3) is 0 Å². The average Bonchev–Trinajstić information content (AvgIpc) is 3.01. The first-order valence-electron chi connectivity index (χ1n) is 7.65. The second-order valence-corrected chi connectivity index (χ2v) is 8.01. The molecule has 0 N–H and O–H groups in total. The predicted octanol–water partition coefficient (Wildman–Crippen LogP) is 3.85. The van der Waals surface area contributed by atoms with E-state index in [9.17, 15) is 4.21 Å². The van der Waals surface area contributed by atoms with Crippen molar-refractivity contribution in [2.24, 2.45) is 0 Å². The van der Waals surface area contributed by atoms with E-state index >= 15 is 0 Å². The standard InChI is InChI=1S/C16H22ClNOS/c17-15-7-3-4-8-16(15)20(19)14-9-11-18(12-10-14)13-5-1-2-6-13/h3-4,7-8,13-14H,1-2,5-6,9-12H2. The molecule has 1 atom stereocenters. The van der Waals surface area contributed by atoms with E-state index in [1.165, 1.54) is 25.7 Å². The normalized spacial score (nSPS) is 24.1. The van der Waals surface area contributed by atoms with Crippen molar-refractivity contribution >= 4 is 22.4 Å². The van der Waals surface area contributed by atoms with Crippen LogP contribution in [0.15, 0.2) is 29.2 Å². The molecule has 0 spiro atoms. The third-order valence-electron chi connectivity index (χ3n) is 4.67. The Balaban J connectivity index is 1.60. The van der Waals surface area contributed by atoms with Crippen LogP contribution in [-0.2, 0) is 10.8 Å². The average molecular weight is 312 g/mol. The van der Waals surface area contributed by atoms with Gasteiger partial charge >= 0.3 is 0 Å². The Morgan fingerprint density at radius 1 is 1.05 bits per heavy atom. The molecule has 110 valence electrons. The molecular formula is C16H22ClNOS. The molecule has 1 aliphatic carbocycles. The minimum atomic E-state index is -0.956. The minimum Gasteiger partial charge on any atom is -0.300 e. The predicted molar refractivity (Wildman–Crippen MR) is 84.7 cm³/mol. The van der Waals surface area contributed by atoms with Crippen LogP contribution in [0.4, 0.5) is 0 Å². The summed E-state index contributed by atoms with van der Waals surface area (Å²) in [4.78, 5) is 3.43. The molecule has 4 heteroatoms. The zero-order valence-corrected chi connectivity index (χ0v) is 13.3. The highest BCUT2D eigenvalue weighted by molar-refractivity contribution is 7.85. The first kappa shape index (κ1) is 14.6. The van der Waals surface area contributed by atoms with Gasteiger partial charge < -0.3 is 4.90 Å². The van der Waals surface area contributed by atoms with Crippen LogP contribution in [0.1, 0.15) is 38.5 Å². The summed E-state index contributed by atoms with van der Waals surface area (Å²) in [6.07, 6.45) is 7.56. The summed E-state index contributed by atoms with van der Waals surface area (Å²) in [7, 11) is -0.956. The zero-order chi connectivity index (χ0) is 13.9. The van der Waals surface area contributed by atoms with Crippen molar-refractivity contribution in [2.75, 3.05) is 13.1 Å². The van der Waals surface area contributed by atoms with Crippen LogP contribution < -0.4 is 0 Å². The molecule has 1 saturated carbocycles. The number of rotatable bonds is 3. The molecule has 0 radical (unpaired) electrons. The van der Waals surface area contributed by atoms with E-state index in [-0.39, 0.29) is 5.25 Å². The summed E-state index contributed by atoms with van der Waals surface area (Å²) in [5, 5.41) is 0.914. The van der Waals surface area contributed by atoms with Gasteiger partial charge in [0.2, 0.25) is 0 Å². The Morgan fingerprint density at radius 3 is 2.35 bits per heavy atom. The maximum atomic E-state index is 12.7. The van der Waals surface area contributed by atoms with Crippen molar-refractivity contribution in [3.05, 3.63) is 29.3 Å². The SMILES string of the molecule is O=S(c1ccccc1Cl)C1CCN(C2CCCC2)CC1. The van der Waals surface area contributed by atoms with Gasteiger partial charge in [-0.1, -0.05) is 36.6 Å². The molecule has 1 saturated heterocycles. The second-order valence-electron chi connectivity index (χ2n) is 5.90. The highest BCUT2D eigenvalue weighted by Gasteiger charge is 2.30. The molecule has 2 aliphatic rings. The minimum absolute atomic E-state index is 0.271. The molecule has 3 rings (SSSR count). The molecule has 0 bridgehead atoms. The number of piperidine rings is 1. The van der Waals surface area contributed by atoms with Gasteiger partial charge in [-0.05, 0) is 50.9 Å². The molecule has 2 fully saturated rings. The summed E-state index contributed by atoms with van der Waals surface area (Å²) in [6, 6.07) is 8.35. The maximum Gasteiger partial charge on any atom is 0.0577 e. The first-order chi connectivity index (χ1) is 9.75. The van der Waals surface area contributed by atoms with Crippen LogP contribution in [0.2, 0.25) is 5.02 Å². The highest BCUT2D eigenvalue weighted by atomic mass is 35.5. The molecule has 1 aromatic rings. The molecule has 1 unspecified atom stereocenters. The summed E-state index contributed by atoms with van der Waals surface area (Å²) in [6.45, 7) is 2.21. The molecule has 2 nitrogen and oxygen atoms in total. The lowest BCUT2D eigenvalue weighted by Gasteiger charge is -2.35. The van der Waals surface area contributed by atoms with Gasteiger partial charge in [0.05, 0.1) is 20.7 Å². The van der Waals surface area contributed by atoms with Crippen molar-refractivity contribution < 1.29 is 4.21 Å². The van der Waals surface area contributed by atoms with E-state index < -0.39 is 10.8 Å². The van der Waals surface area contributed by atoms with E-state index in [0.29, 0.717) is 5.02 Å².